The van der Waals surface area contributed by atoms with E-state index in [1.54, 1.807) is 13.1 Å². The number of carbonyl (C=O) groups excluding carboxylic acids is 1. The molecular weight excluding hydrogens is 290 g/mol. The van der Waals surface area contributed by atoms with Gasteiger partial charge in [-0.2, -0.15) is 5.10 Å². The van der Waals surface area contributed by atoms with Crippen LogP contribution in [0.5, 0.6) is 0 Å². The van der Waals surface area contributed by atoms with Gasteiger partial charge in [0.15, 0.2) is 0 Å². The Morgan fingerprint density at radius 1 is 1.26 bits per heavy atom. The summed E-state index contributed by atoms with van der Waals surface area (Å²) in [6, 6.07) is 11.7. The Kier molecular flexibility index (Phi) is 2.96. The first-order valence-corrected chi connectivity index (χ1v) is 7.58. The lowest BCUT2D eigenvalue weighted by atomic mass is 9.99. The van der Waals surface area contributed by atoms with Crippen LogP contribution in [0.4, 0.5) is 0 Å². The Labute approximate surface area is 133 Å². The molecule has 0 saturated heterocycles. The van der Waals surface area contributed by atoms with Gasteiger partial charge in [-0.3, -0.25) is 9.89 Å². The summed E-state index contributed by atoms with van der Waals surface area (Å²) in [5, 5.41) is 10.6. The Morgan fingerprint density at radius 2 is 2.04 bits per heavy atom. The van der Waals surface area contributed by atoms with Gasteiger partial charge in [0, 0.05) is 18.0 Å². The number of aromatic nitrogens is 3. The number of para-hydroxylation sites is 1. The Balaban J connectivity index is 1.87. The van der Waals surface area contributed by atoms with Gasteiger partial charge in [0.2, 0.25) is 0 Å². The molecule has 6 nitrogen and oxygen atoms in total. The lowest BCUT2D eigenvalue weighted by molar-refractivity contribution is 0.0958. The number of benzene rings is 1. The molecule has 1 aliphatic carbocycles. The van der Waals surface area contributed by atoms with Crippen LogP contribution in [0.3, 0.4) is 0 Å². The van der Waals surface area contributed by atoms with E-state index in [4.69, 9.17) is 5.73 Å². The van der Waals surface area contributed by atoms with Crippen LogP contribution in [0, 0.1) is 0 Å². The van der Waals surface area contributed by atoms with E-state index in [2.05, 4.69) is 26.6 Å². The van der Waals surface area contributed by atoms with Crippen LogP contribution >= 0.6 is 0 Å². The fourth-order valence-electron chi connectivity index (χ4n) is 2.83. The highest BCUT2D eigenvalue weighted by Gasteiger charge is 2.41. The number of pyridine rings is 1. The van der Waals surface area contributed by atoms with E-state index >= 15 is 0 Å². The Bertz CT molecular complexity index is 910. The van der Waals surface area contributed by atoms with E-state index in [-0.39, 0.29) is 11.4 Å². The lowest BCUT2D eigenvalue weighted by Gasteiger charge is -2.14. The number of fused-ring (bicyclic) bond motifs is 1. The van der Waals surface area contributed by atoms with Crippen molar-refractivity contribution in [2.75, 3.05) is 7.05 Å². The summed E-state index contributed by atoms with van der Waals surface area (Å²) in [5.41, 5.74) is 9.93. The molecular formula is C17H17N5O. The first-order chi connectivity index (χ1) is 11.1. The zero-order chi connectivity index (χ0) is 16.0. The van der Waals surface area contributed by atoms with Crippen LogP contribution in [-0.4, -0.2) is 28.1 Å². The largest absolute Gasteiger partial charge is 0.354 e. The number of hydrogen-bond acceptors (Lipinski definition) is 4. The van der Waals surface area contributed by atoms with Crippen molar-refractivity contribution >= 4 is 16.8 Å². The van der Waals surface area contributed by atoms with Crippen molar-refractivity contribution < 1.29 is 4.79 Å². The van der Waals surface area contributed by atoms with Gasteiger partial charge in [-0.15, -0.1) is 0 Å². The van der Waals surface area contributed by atoms with Gasteiger partial charge in [-0.25, -0.2) is 4.98 Å². The number of rotatable bonds is 3. The first kappa shape index (κ1) is 13.9. The van der Waals surface area contributed by atoms with E-state index in [0.717, 1.165) is 35.0 Å². The number of nitrogens with two attached hydrogens (primary N) is 1. The van der Waals surface area contributed by atoms with Crippen LogP contribution in [0.25, 0.3) is 22.3 Å². The molecule has 1 aromatic carbocycles. The SMILES string of the molecule is CNC(=O)c1cc(-c2cc(C3(N)CC3)c3ccccc3n2)n[nH]1. The highest BCUT2D eigenvalue weighted by atomic mass is 16.1. The van der Waals surface area contributed by atoms with Crippen LogP contribution in [0.1, 0.15) is 28.9 Å². The van der Waals surface area contributed by atoms with Gasteiger partial charge in [-0.1, -0.05) is 18.2 Å². The van der Waals surface area contributed by atoms with Gasteiger partial charge in [0.25, 0.3) is 5.91 Å². The predicted molar refractivity (Wildman–Crippen MR) is 87.8 cm³/mol. The number of nitrogens with zero attached hydrogens (tertiary/aromatic N) is 2. The number of amides is 1. The molecule has 0 aliphatic heterocycles. The molecule has 0 atom stereocenters. The minimum atomic E-state index is -0.267. The second-order valence-corrected chi connectivity index (χ2v) is 5.97. The molecule has 0 radical (unpaired) electrons. The molecule has 3 aromatic rings. The average Bonchev–Trinajstić information content (AvgIpc) is 3.14. The number of H-pyrrole nitrogens is 1. The van der Waals surface area contributed by atoms with E-state index in [9.17, 15) is 4.79 Å². The molecule has 0 bridgehead atoms. The first-order valence-electron chi connectivity index (χ1n) is 7.58. The van der Waals surface area contributed by atoms with Crippen LogP contribution in [-0.2, 0) is 5.54 Å². The van der Waals surface area contributed by atoms with Crippen molar-refractivity contribution in [2.45, 2.75) is 18.4 Å². The van der Waals surface area contributed by atoms with Gasteiger partial charge in [-0.05, 0) is 36.6 Å². The number of nitrogens with one attached hydrogen (secondary N) is 2. The summed E-state index contributed by atoms with van der Waals surface area (Å²) in [7, 11) is 1.58. The molecule has 0 spiro atoms. The zero-order valence-electron chi connectivity index (χ0n) is 12.8. The third-order valence-corrected chi connectivity index (χ3v) is 4.35. The van der Waals surface area contributed by atoms with E-state index in [1.807, 2.05) is 24.3 Å². The van der Waals surface area contributed by atoms with Gasteiger partial charge >= 0.3 is 0 Å². The fourth-order valence-corrected chi connectivity index (χ4v) is 2.83. The van der Waals surface area contributed by atoms with Crippen LogP contribution < -0.4 is 11.1 Å². The Hall–Kier alpha value is -2.73. The summed E-state index contributed by atoms with van der Waals surface area (Å²) < 4.78 is 0. The topological polar surface area (TPSA) is 96.7 Å². The summed E-state index contributed by atoms with van der Waals surface area (Å²) in [5.74, 6) is -0.206. The monoisotopic (exact) mass is 307 g/mol. The molecule has 0 unspecified atom stereocenters. The minimum Gasteiger partial charge on any atom is -0.354 e. The van der Waals surface area contributed by atoms with E-state index in [0.29, 0.717) is 11.4 Å². The summed E-state index contributed by atoms with van der Waals surface area (Å²) >= 11 is 0. The smallest absolute Gasteiger partial charge is 0.269 e. The summed E-state index contributed by atoms with van der Waals surface area (Å²) in [6.45, 7) is 0. The molecule has 116 valence electrons. The molecule has 4 rings (SSSR count). The number of carbonyl (C=O) groups is 1. The van der Waals surface area contributed by atoms with E-state index < -0.39 is 0 Å². The highest BCUT2D eigenvalue weighted by molar-refractivity contribution is 5.93. The fraction of sp³-hybridized carbons (Fsp3) is 0.235. The van der Waals surface area contributed by atoms with Crippen molar-refractivity contribution in [1.82, 2.24) is 20.5 Å². The summed E-state index contributed by atoms with van der Waals surface area (Å²) in [6.07, 6.45) is 1.95. The number of hydrogen-bond donors (Lipinski definition) is 3. The van der Waals surface area contributed by atoms with Crippen molar-refractivity contribution in [2.24, 2.45) is 5.73 Å². The van der Waals surface area contributed by atoms with Crippen molar-refractivity contribution in [3.63, 3.8) is 0 Å². The molecule has 1 saturated carbocycles. The van der Waals surface area contributed by atoms with Gasteiger partial charge in [0.05, 0.1) is 11.2 Å². The van der Waals surface area contributed by atoms with Crippen LogP contribution in [0.2, 0.25) is 0 Å². The van der Waals surface area contributed by atoms with Crippen molar-refractivity contribution in [3.05, 3.63) is 47.7 Å². The third-order valence-electron chi connectivity index (χ3n) is 4.35. The summed E-state index contributed by atoms with van der Waals surface area (Å²) in [4.78, 5) is 16.4. The molecule has 1 aliphatic rings. The molecule has 4 N–H and O–H groups in total. The molecule has 1 amide bonds. The van der Waals surface area contributed by atoms with Crippen molar-refractivity contribution in [3.8, 4) is 11.4 Å². The standard InChI is InChI=1S/C17H17N5O/c1-19-16(23)15-9-14(21-22-15)13-8-11(17(18)6-7-17)10-4-2-3-5-12(10)20-13/h2-5,8-9H,6-7,18H2,1H3,(H,19,23)(H,21,22). The highest BCUT2D eigenvalue weighted by Crippen LogP contribution is 2.46. The third kappa shape index (κ3) is 2.27. The molecule has 2 aromatic heterocycles. The molecule has 2 heterocycles. The number of aromatic amines is 1. The predicted octanol–water partition coefficient (Wildman–Crippen LogP) is 1.93. The second kappa shape index (κ2) is 4.89. The second-order valence-electron chi connectivity index (χ2n) is 5.97. The quantitative estimate of drug-likeness (QED) is 0.689. The molecule has 6 heteroatoms. The molecule has 23 heavy (non-hydrogen) atoms. The maximum absolute atomic E-state index is 11.7. The lowest BCUT2D eigenvalue weighted by Crippen LogP contribution is -2.19. The normalized spacial score (nSPS) is 15.6. The minimum absolute atomic E-state index is 0.206. The van der Waals surface area contributed by atoms with E-state index in [1.165, 1.54) is 0 Å². The molecule has 1 fully saturated rings. The zero-order valence-corrected chi connectivity index (χ0v) is 12.8. The van der Waals surface area contributed by atoms with Gasteiger partial charge < -0.3 is 11.1 Å². The average molecular weight is 307 g/mol. The Morgan fingerprint density at radius 3 is 2.78 bits per heavy atom. The maximum Gasteiger partial charge on any atom is 0.269 e. The van der Waals surface area contributed by atoms with Gasteiger partial charge in [0.1, 0.15) is 11.4 Å². The van der Waals surface area contributed by atoms with Crippen LogP contribution in [0.15, 0.2) is 36.4 Å². The van der Waals surface area contributed by atoms with Crippen molar-refractivity contribution in [1.29, 1.82) is 0 Å². The maximum atomic E-state index is 11.7.